The van der Waals surface area contributed by atoms with Gasteiger partial charge in [-0.25, -0.2) is 4.39 Å². The Hall–Kier alpha value is -0.110. The predicted octanol–water partition coefficient (Wildman–Crippen LogP) is 1.44. The molecule has 1 rings (SSSR count). The second kappa shape index (κ2) is 3.16. The minimum absolute atomic E-state index is 0.639. The summed E-state index contributed by atoms with van der Waals surface area (Å²) >= 11 is 0. The highest BCUT2D eigenvalue weighted by Crippen LogP contribution is 2.07. The van der Waals surface area contributed by atoms with Crippen LogP contribution in [0.4, 0.5) is 4.39 Å². The zero-order chi connectivity index (χ0) is 6.69. The third-order valence-electron chi connectivity index (χ3n) is 1.71. The van der Waals surface area contributed by atoms with Crippen LogP contribution in [0.5, 0.6) is 0 Å². The second-order valence-electron chi connectivity index (χ2n) is 2.79. The second-order valence-corrected chi connectivity index (χ2v) is 2.79. The zero-order valence-corrected chi connectivity index (χ0v) is 5.94. The van der Waals surface area contributed by atoms with E-state index in [9.17, 15) is 4.39 Å². The minimum atomic E-state index is -0.650. The standard InChI is InChI=1S/C7H14FN/c1-7(8)6-9-4-2-3-5-9/h7H,2-6H2,1H3. The summed E-state index contributed by atoms with van der Waals surface area (Å²) in [7, 11) is 0. The smallest absolute Gasteiger partial charge is 0.110 e. The molecular weight excluding hydrogens is 117 g/mol. The monoisotopic (exact) mass is 131 g/mol. The third kappa shape index (κ3) is 2.31. The summed E-state index contributed by atoms with van der Waals surface area (Å²) in [6, 6.07) is 0. The van der Waals surface area contributed by atoms with E-state index >= 15 is 0 Å². The number of nitrogens with zero attached hydrogens (tertiary/aromatic N) is 1. The molecule has 54 valence electrons. The molecule has 0 saturated carbocycles. The van der Waals surface area contributed by atoms with Crippen LogP contribution in [0.1, 0.15) is 19.8 Å². The van der Waals surface area contributed by atoms with Gasteiger partial charge in [-0.1, -0.05) is 0 Å². The first-order valence-corrected chi connectivity index (χ1v) is 3.65. The molecule has 2 heteroatoms. The van der Waals surface area contributed by atoms with Crippen LogP contribution in [0.25, 0.3) is 0 Å². The van der Waals surface area contributed by atoms with E-state index in [1.54, 1.807) is 6.92 Å². The SMILES string of the molecule is CC(F)CN1CCCC1. The van der Waals surface area contributed by atoms with E-state index < -0.39 is 6.17 Å². The average Bonchev–Trinajstić information content (AvgIpc) is 2.15. The van der Waals surface area contributed by atoms with Crippen LogP contribution in [0.15, 0.2) is 0 Å². The number of alkyl halides is 1. The Kier molecular flexibility index (Phi) is 2.46. The van der Waals surface area contributed by atoms with Gasteiger partial charge >= 0.3 is 0 Å². The molecule has 1 fully saturated rings. The summed E-state index contributed by atoms with van der Waals surface area (Å²) in [4.78, 5) is 2.19. The number of rotatable bonds is 2. The minimum Gasteiger partial charge on any atom is -0.300 e. The Morgan fingerprint density at radius 2 is 2.00 bits per heavy atom. The lowest BCUT2D eigenvalue weighted by atomic mass is 10.4. The maximum Gasteiger partial charge on any atom is 0.110 e. The third-order valence-corrected chi connectivity index (χ3v) is 1.71. The maximum absolute atomic E-state index is 12.3. The Balaban J connectivity index is 2.11. The van der Waals surface area contributed by atoms with Gasteiger partial charge < -0.3 is 4.90 Å². The van der Waals surface area contributed by atoms with Crippen LogP contribution in [-0.2, 0) is 0 Å². The van der Waals surface area contributed by atoms with Crippen LogP contribution in [0.3, 0.4) is 0 Å². The van der Waals surface area contributed by atoms with E-state index in [4.69, 9.17) is 0 Å². The number of hydrogen-bond donors (Lipinski definition) is 0. The summed E-state index contributed by atoms with van der Waals surface area (Å²) in [6.45, 7) is 4.47. The molecule has 1 aliphatic rings. The van der Waals surface area contributed by atoms with E-state index in [0.29, 0.717) is 6.54 Å². The lowest BCUT2D eigenvalue weighted by molar-refractivity contribution is 0.235. The Labute approximate surface area is 55.8 Å². The molecule has 0 aliphatic carbocycles. The van der Waals surface area contributed by atoms with Gasteiger partial charge in [-0.15, -0.1) is 0 Å². The lowest BCUT2D eigenvalue weighted by Gasteiger charge is -2.14. The lowest BCUT2D eigenvalue weighted by Crippen LogP contribution is -2.25. The highest BCUT2D eigenvalue weighted by Gasteiger charge is 2.13. The zero-order valence-electron chi connectivity index (χ0n) is 5.94. The van der Waals surface area contributed by atoms with Gasteiger partial charge in [-0.05, 0) is 32.9 Å². The van der Waals surface area contributed by atoms with Crippen molar-refractivity contribution in [2.24, 2.45) is 0 Å². The maximum atomic E-state index is 12.3. The molecule has 0 radical (unpaired) electrons. The molecule has 1 saturated heterocycles. The van der Waals surface area contributed by atoms with Crippen LogP contribution >= 0.6 is 0 Å². The quantitative estimate of drug-likeness (QED) is 0.548. The molecule has 1 aliphatic heterocycles. The van der Waals surface area contributed by atoms with E-state index in [-0.39, 0.29) is 0 Å². The van der Waals surface area contributed by atoms with Crippen LogP contribution in [0, 0.1) is 0 Å². The molecule has 0 aromatic carbocycles. The largest absolute Gasteiger partial charge is 0.300 e. The fourth-order valence-electron chi connectivity index (χ4n) is 1.32. The van der Waals surface area contributed by atoms with Crippen LogP contribution in [0.2, 0.25) is 0 Å². The van der Waals surface area contributed by atoms with Crippen molar-refractivity contribution in [1.29, 1.82) is 0 Å². The van der Waals surface area contributed by atoms with Gasteiger partial charge in [0.25, 0.3) is 0 Å². The van der Waals surface area contributed by atoms with Crippen molar-refractivity contribution < 1.29 is 4.39 Å². The highest BCUT2D eigenvalue weighted by atomic mass is 19.1. The van der Waals surface area contributed by atoms with Crippen LogP contribution in [-0.4, -0.2) is 30.7 Å². The van der Waals surface area contributed by atoms with E-state index in [2.05, 4.69) is 4.90 Å². The molecule has 0 bridgehead atoms. The van der Waals surface area contributed by atoms with Gasteiger partial charge in [0, 0.05) is 6.54 Å². The fraction of sp³-hybridized carbons (Fsp3) is 1.00. The van der Waals surface area contributed by atoms with Gasteiger partial charge in [0.15, 0.2) is 0 Å². The first-order chi connectivity index (χ1) is 4.29. The average molecular weight is 131 g/mol. The first-order valence-electron chi connectivity index (χ1n) is 3.65. The predicted molar refractivity (Wildman–Crippen MR) is 36.2 cm³/mol. The molecule has 9 heavy (non-hydrogen) atoms. The normalized spacial score (nSPS) is 24.7. The Morgan fingerprint density at radius 1 is 1.44 bits per heavy atom. The van der Waals surface area contributed by atoms with Gasteiger partial charge in [-0.2, -0.15) is 0 Å². The molecule has 1 unspecified atom stereocenters. The Morgan fingerprint density at radius 3 is 2.44 bits per heavy atom. The molecule has 1 nitrogen and oxygen atoms in total. The molecule has 0 aromatic heterocycles. The molecule has 0 spiro atoms. The van der Waals surface area contributed by atoms with E-state index in [1.807, 2.05) is 0 Å². The molecule has 1 atom stereocenters. The molecule has 0 N–H and O–H groups in total. The first kappa shape index (κ1) is 7.00. The summed E-state index contributed by atoms with van der Waals surface area (Å²) in [5.41, 5.74) is 0. The van der Waals surface area contributed by atoms with Gasteiger partial charge in [-0.3, -0.25) is 0 Å². The van der Waals surface area contributed by atoms with Crippen molar-refractivity contribution in [3.05, 3.63) is 0 Å². The number of likely N-dealkylation sites (tertiary alicyclic amines) is 1. The summed E-state index contributed by atoms with van der Waals surface area (Å²) < 4.78 is 12.3. The highest BCUT2D eigenvalue weighted by molar-refractivity contribution is 4.67. The van der Waals surface area contributed by atoms with Crippen LogP contribution < -0.4 is 0 Å². The molecule has 0 aromatic rings. The topological polar surface area (TPSA) is 3.24 Å². The van der Waals surface area contributed by atoms with Crippen molar-refractivity contribution in [3.63, 3.8) is 0 Å². The number of halogens is 1. The van der Waals surface area contributed by atoms with Gasteiger partial charge in [0.2, 0.25) is 0 Å². The fourth-order valence-corrected chi connectivity index (χ4v) is 1.32. The van der Waals surface area contributed by atoms with Crippen molar-refractivity contribution in [1.82, 2.24) is 4.90 Å². The summed E-state index contributed by atoms with van der Waals surface area (Å²) in [6.07, 6.45) is 1.86. The van der Waals surface area contributed by atoms with E-state index in [0.717, 1.165) is 13.1 Å². The van der Waals surface area contributed by atoms with Crippen molar-refractivity contribution in [3.8, 4) is 0 Å². The van der Waals surface area contributed by atoms with Crippen molar-refractivity contribution in [2.75, 3.05) is 19.6 Å². The molecule has 1 heterocycles. The van der Waals surface area contributed by atoms with E-state index in [1.165, 1.54) is 12.8 Å². The molecular formula is C7H14FN. The summed E-state index contributed by atoms with van der Waals surface area (Å²) in [5, 5.41) is 0. The van der Waals surface area contributed by atoms with Gasteiger partial charge in [0.05, 0.1) is 0 Å². The molecule has 0 amide bonds. The van der Waals surface area contributed by atoms with Crippen molar-refractivity contribution >= 4 is 0 Å². The Bertz CT molecular complexity index is 77.0. The van der Waals surface area contributed by atoms with Gasteiger partial charge in [0.1, 0.15) is 6.17 Å². The van der Waals surface area contributed by atoms with Crippen molar-refractivity contribution in [2.45, 2.75) is 25.9 Å². The summed E-state index contributed by atoms with van der Waals surface area (Å²) in [5.74, 6) is 0. The number of hydrogen-bond acceptors (Lipinski definition) is 1.